The van der Waals surface area contributed by atoms with Gasteiger partial charge < -0.3 is 19.5 Å². The standard InChI is InChI=1S/C13H19NO3/c1-13(16-8-10(14-2)9-17-13)11-6-4-5-7-12(11)15-3/h4-7,10,14H,8-9H2,1-3H3. The Morgan fingerprint density at radius 1 is 1.29 bits per heavy atom. The first-order valence-corrected chi connectivity index (χ1v) is 5.78. The number of hydrogen-bond acceptors (Lipinski definition) is 4. The molecule has 0 spiro atoms. The van der Waals surface area contributed by atoms with E-state index in [1.165, 1.54) is 0 Å². The quantitative estimate of drug-likeness (QED) is 0.865. The molecule has 0 atom stereocenters. The minimum absolute atomic E-state index is 0.248. The van der Waals surface area contributed by atoms with Gasteiger partial charge in [-0.25, -0.2) is 0 Å². The Morgan fingerprint density at radius 2 is 1.94 bits per heavy atom. The normalized spacial score (nSPS) is 29.0. The van der Waals surface area contributed by atoms with Crippen LogP contribution in [-0.2, 0) is 15.3 Å². The number of para-hydroxylation sites is 1. The van der Waals surface area contributed by atoms with Crippen molar-refractivity contribution in [2.75, 3.05) is 27.4 Å². The van der Waals surface area contributed by atoms with Gasteiger partial charge in [-0.3, -0.25) is 0 Å². The van der Waals surface area contributed by atoms with Crippen molar-refractivity contribution in [1.82, 2.24) is 5.32 Å². The van der Waals surface area contributed by atoms with Crippen molar-refractivity contribution < 1.29 is 14.2 Å². The fraction of sp³-hybridized carbons (Fsp3) is 0.538. The lowest BCUT2D eigenvalue weighted by molar-refractivity contribution is -0.273. The fourth-order valence-corrected chi connectivity index (χ4v) is 1.95. The molecule has 0 aliphatic carbocycles. The third kappa shape index (κ3) is 2.44. The Hall–Kier alpha value is -1.10. The second kappa shape index (κ2) is 5.04. The van der Waals surface area contributed by atoms with Crippen LogP contribution in [0.1, 0.15) is 12.5 Å². The number of likely N-dealkylation sites (N-methyl/N-ethyl adjacent to an activating group) is 1. The van der Waals surface area contributed by atoms with Gasteiger partial charge in [-0.1, -0.05) is 12.1 Å². The van der Waals surface area contributed by atoms with E-state index in [1.54, 1.807) is 7.11 Å². The van der Waals surface area contributed by atoms with Gasteiger partial charge in [0.1, 0.15) is 5.75 Å². The maximum Gasteiger partial charge on any atom is 0.195 e. The van der Waals surface area contributed by atoms with Gasteiger partial charge in [-0.05, 0) is 26.1 Å². The molecule has 17 heavy (non-hydrogen) atoms. The zero-order chi connectivity index (χ0) is 12.3. The highest BCUT2D eigenvalue weighted by atomic mass is 16.7. The topological polar surface area (TPSA) is 39.7 Å². The average molecular weight is 237 g/mol. The minimum atomic E-state index is -0.722. The van der Waals surface area contributed by atoms with Gasteiger partial charge in [-0.15, -0.1) is 0 Å². The van der Waals surface area contributed by atoms with E-state index in [0.29, 0.717) is 13.2 Å². The van der Waals surface area contributed by atoms with Crippen LogP contribution in [-0.4, -0.2) is 33.4 Å². The minimum Gasteiger partial charge on any atom is -0.496 e. The summed E-state index contributed by atoms with van der Waals surface area (Å²) in [6.45, 7) is 3.19. The van der Waals surface area contributed by atoms with Gasteiger partial charge in [0.25, 0.3) is 0 Å². The summed E-state index contributed by atoms with van der Waals surface area (Å²) in [5.41, 5.74) is 0.928. The van der Waals surface area contributed by atoms with E-state index >= 15 is 0 Å². The summed E-state index contributed by atoms with van der Waals surface area (Å²) >= 11 is 0. The Morgan fingerprint density at radius 3 is 2.53 bits per heavy atom. The highest BCUT2D eigenvalue weighted by Crippen LogP contribution is 2.35. The van der Waals surface area contributed by atoms with Gasteiger partial charge in [0.2, 0.25) is 0 Å². The van der Waals surface area contributed by atoms with Crippen molar-refractivity contribution in [3.05, 3.63) is 29.8 Å². The molecule has 1 aliphatic heterocycles. The van der Waals surface area contributed by atoms with Crippen molar-refractivity contribution in [2.24, 2.45) is 0 Å². The maximum atomic E-state index is 5.83. The number of methoxy groups -OCH3 is 1. The molecule has 0 saturated carbocycles. The molecule has 0 radical (unpaired) electrons. The molecule has 4 heteroatoms. The summed E-state index contributed by atoms with van der Waals surface area (Å²) < 4.78 is 17.0. The fourth-order valence-electron chi connectivity index (χ4n) is 1.95. The molecular formula is C13H19NO3. The Bertz CT molecular complexity index is 373. The lowest BCUT2D eigenvalue weighted by atomic mass is 10.0. The Kier molecular flexibility index (Phi) is 3.66. The van der Waals surface area contributed by atoms with E-state index in [-0.39, 0.29) is 6.04 Å². The van der Waals surface area contributed by atoms with Crippen LogP contribution in [0.3, 0.4) is 0 Å². The first-order chi connectivity index (χ1) is 8.19. The van der Waals surface area contributed by atoms with E-state index in [2.05, 4.69) is 5.32 Å². The van der Waals surface area contributed by atoms with Crippen molar-refractivity contribution in [1.29, 1.82) is 0 Å². The zero-order valence-electron chi connectivity index (χ0n) is 10.5. The summed E-state index contributed by atoms with van der Waals surface area (Å²) in [5, 5.41) is 3.14. The van der Waals surface area contributed by atoms with Crippen molar-refractivity contribution in [3.63, 3.8) is 0 Å². The van der Waals surface area contributed by atoms with Crippen molar-refractivity contribution >= 4 is 0 Å². The van der Waals surface area contributed by atoms with Gasteiger partial charge in [0, 0.05) is 0 Å². The van der Waals surface area contributed by atoms with Crippen LogP contribution in [0.2, 0.25) is 0 Å². The second-order valence-electron chi connectivity index (χ2n) is 4.25. The zero-order valence-corrected chi connectivity index (χ0v) is 10.5. The lowest BCUT2D eigenvalue weighted by Crippen LogP contribution is -2.47. The third-order valence-electron chi connectivity index (χ3n) is 3.12. The summed E-state index contributed by atoms with van der Waals surface area (Å²) in [7, 11) is 3.56. The van der Waals surface area contributed by atoms with Gasteiger partial charge in [-0.2, -0.15) is 0 Å². The molecule has 1 aromatic carbocycles. The van der Waals surface area contributed by atoms with Crippen molar-refractivity contribution in [2.45, 2.75) is 18.8 Å². The number of ether oxygens (including phenoxy) is 3. The van der Waals surface area contributed by atoms with Crippen molar-refractivity contribution in [3.8, 4) is 5.75 Å². The number of hydrogen-bond donors (Lipinski definition) is 1. The molecule has 1 aromatic rings. The predicted octanol–water partition coefficient (Wildman–Crippen LogP) is 1.50. The van der Waals surface area contributed by atoms with Crippen LogP contribution in [0, 0.1) is 0 Å². The van der Waals surface area contributed by atoms with Gasteiger partial charge >= 0.3 is 0 Å². The molecule has 1 fully saturated rings. The van der Waals surface area contributed by atoms with E-state index < -0.39 is 5.79 Å². The van der Waals surface area contributed by atoms with Crippen LogP contribution in [0.4, 0.5) is 0 Å². The summed E-state index contributed by atoms with van der Waals surface area (Å²) in [6.07, 6.45) is 0. The highest BCUT2D eigenvalue weighted by molar-refractivity contribution is 5.36. The van der Waals surface area contributed by atoms with Crippen LogP contribution in [0.25, 0.3) is 0 Å². The van der Waals surface area contributed by atoms with Crippen LogP contribution >= 0.6 is 0 Å². The van der Waals surface area contributed by atoms with Crippen LogP contribution in [0.5, 0.6) is 5.75 Å². The Labute approximate surface area is 102 Å². The molecule has 2 rings (SSSR count). The van der Waals surface area contributed by atoms with Crippen LogP contribution in [0.15, 0.2) is 24.3 Å². The van der Waals surface area contributed by atoms with Gasteiger partial charge in [0.15, 0.2) is 5.79 Å². The van der Waals surface area contributed by atoms with E-state index in [4.69, 9.17) is 14.2 Å². The SMILES string of the molecule is CNC1COC(C)(c2ccccc2OC)OC1. The summed E-state index contributed by atoms with van der Waals surface area (Å²) in [5.74, 6) is 0.0675. The smallest absolute Gasteiger partial charge is 0.195 e. The van der Waals surface area contributed by atoms with Crippen LogP contribution < -0.4 is 10.1 Å². The molecule has 0 aromatic heterocycles. The molecule has 1 aliphatic rings. The monoisotopic (exact) mass is 237 g/mol. The van der Waals surface area contributed by atoms with E-state index in [1.807, 2.05) is 38.2 Å². The maximum absolute atomic E-state index is 5.83. The number of rotatable bonds is 3. The summed E-state index contributed by atoms with van der Waals surface area (Å²) in [6, 6.07) is 8.03. The average Bonchev–Trinajstić information content (AvgIpc) is 2.39. The number of benzene rings is 1. The second-order valence-corrected chi connectivity index (χ2v) is 4.25. The molecule has 94 valence electrons. The Balaban J connectivity index is 2.21. The molecule has 0 bridgehead atoms. The largest absolute Gasteiger partial charge is 0.496 e. The predicted molar refractivity (Wildman–Crippen MR) is 65.1 cm³/mol. The summed E-state index contributed by atoms with van der Waals surface area (Å²) in [4.78, 5) is 0. The molecule has 1 saturated heterocycles. The highest BCUT2D eigenvalue weighted by Gasteiger charge is 2.36. The van der Waals surface area contributed by atoms with Gasteiger partial charge in [0.05, 0.1) is 31.9 Å². The first-order valence-electron chi connectivity index (χ1n) is 5.78. The lowest BCUT2D eigenvalue weighted by Gasteiger charge is -2.38. The molecule has 0 amide bonds. The molecule has 4 nitrogen and oxygen atoms in total. The molecule has 1 heterocycles. The number of nitrogens with one attached hydrogen (secondary N) is 1. The first kappa shape index (κ1) is 12.4. The molecule has 0 unspecified atom stereocenters. The third-order valence-corrected chi connectivity index (χ3v) is 3.12. The molecular weight excluding hydrogens is 218 g/mol. The molecule has 1 N–H and O–H groups in total. The van der Waals surface area contributed by atoms with E-state index in [0.717, 1.165) is 11.3 Å². The van der Waals surface area contributed by atoms with E-state index in [9.17, 15) is 0 Å².